The summed E-state index contributed by atoms with van der Waals surface area (Å²) in [4.78, 5) is 14.6. The Morgan fingerprint density at radius 3 is 3.00 bits per heavy atom. The van der Waals surface area contributed by atoms with Crippen molar-refractivity contribution in [3.8, 4) is 0 Å². The molecular weight excluding hydrogens is 368 g/mol. The van der Waals surface area contributed by atoms with Crippen LogP contribution in [0.15, 0.2) is 35.9 Å². The van der Waals surface area contributed by atoms with E-state index >= 15 is 0 Å². The fourth-order valence-electron chi connectivity index (χ4n) is 2.88. The topological polar surface area (TPSA) is 20.3 Å². The van der Waals surface area contributed by atoms with Gasteiger partial charge in [-0.2, -0.15) is 0 Å². The summed E-state index contributed by atoms with van der Waals surface area (Å²) in [6.45, 7) is 0. The van der Waals surface area contributed by atoms with Gasteiger partial charge in [-0.1, -0.05) is 0 Å². The molecule has 2 bridgehead atoms. The summed E-state index contributed by atoms with van der Waals surface area (Å²) in [6, 6.07) is 7.18. The number of hydrogen-bond acceptors (Lipinski definition) is 2. The molecule has 0 saturated carbocycles. The number of fused-ring (bicyclic) bond motifs is 2. The number of allylic oxidation sites excluding steroid dienone is 1. The molecule has 20 heavy (non-hydrogen) atoms. The molecule has 3 rings (SSSR count). The Hall–Kier alpha value is -0.750. The van der Waals surface area contributed by atoms with Crippen LogP contribution < -0.4 is 21.2 Å². The van der Waals surface area contributed by atoms with Gasteiger partial charge in [-0.3, -0.25) is 0 Å². The Morgan fingerprint density at radius 1 is 1.45 bits per heavy atom. The van der Waals surface area contributed by atoms with E-state index in [1.54, 1.807) is 24.3 Å². The van der Waals surface area contributed by atoms with Crippen LogP contribution in [-0.2, 0) is 11.2 Å². The first kappa shape index (κ1) is 14.2. The Morgan fingerprint density at radius 2 is 2.25 bits per heavy atom. The first-order valence-electron chi connectivity index (χ1n) is 6.89. The van der Waals surface area contributed by atoms with E-state index in [2.05, 4.69) is 11.9 Å². The maximum atomic E-state index is 13.5. The molecule has 0 radical (unpaired) electrons. The van der Waals surface area contributed by atoms with Gasteiger partial charge in [0.05, 0.1) is 0 Å². The third-order valence-corrected chi connectivity index (χ3v) is 7.94. The second-order valence-electron chi connectivity index (χ2n) is 5.51. The molecule has 2 heterocycles. The Bertz CT molecular complexity index is 541. The monoisotopic (exact) mass is 386 g/mol. The van der Waals surface area contributed by atoms with E-state index in [0.29, 0.717) is 15.7 Å². The molecule has 0 N–H and O–H groups in total. The van der Waals surface area contributed by atoms with E-state index in [9.17, 15) is 9.18 Å². The van der Waals surface area contributed by atoms with Crippen molar-refractivity contribution in [3.05, 3.63) is 47.3 Å². The molecule has 2 nitrogen and oxygen atoms in total. The van der Waals surface area contributed by atoms with Crippen molar-refractivity contribution in [1.82, 2.24) is 4.90 Å². The van der Waals surface area contributed by atoms with Gasteiger partial charge in [0.15, 0.2) is 0 Å². The number of carbonyl (C=O) groups excluding carboxylic acids is 1. The minimum absolute atomic E-state index is 0.0345. The van der Waals surface area contributed by atoms with E-state index in [1.165, 1.54) is 16.1 Å². The summed E-state index contributed by atoms with van der Waals surface area (Å²) in [7, 11) is 2.21. The second kappa shape index (κ2) is 5.93. The summed E-state index contributed by atoms with van der Waals surface area (Å²) in [6.07, 6.45) is 4.03. The molecule has 108 valence electrons. The normalized spacial score (nSPS) is 28.4. The van der Waals surface area contributed by atoms with E-state index in [0.717, 1.165) is 12.8 Å². The van der Waals surface area contributed by atoms with Crippen LogP contribution in [0.2, 0.25) is 0 Å². The Balaban J connectivity index is 1.67. The Kier molecular flexibility index (Phi) is 4.21. The number of rotatable bonds is 3. The number of hydrogen-bond donors (Lipinski definition) is 0. The first-order valence-corrected chi connectivity index (χ1v) is 9.66. The fraction of sp³-hybridized carbons (Fsp3) is 0.438. The van der Waals surface area contributed by atoms with E-state index in [4.69, 9.17) is 0 Å². The summed E-state index contributed by atoms with van der Waals surface area (Å²) in [5.74, 6) is -0.249. The average molecular weight is 386 g/mol. The van der Waals surface area contributed by atoms with Crippen LogP contribution >= 0.6 is 0 Å². The third-order valence-electron chi connectivity index (χ3n) is 4.08. The molecular formula is C16H18FINO-. The summed E-state index contributed by atoms with van der Waals surface area (Å²) in [5.41, 5.74) is 1.77. The molecule has 0 aromatic heterocycles. The van der Waals surface area contributed by atoms with Gasteiger partial charge in [0.2, 0.25) is 0 Å². The van der Waals surface area contributed by atoms with Crippen molar-refractivity contribution >= 4 is 5.78 Å². The molecule has 2 unspecified atom stereocenters. The van der Waals surface area contributed by atoms with E-state index in [-0.39, 0.29) is 39.2 Å². The summed E-state index contributed by atoms with van der Waals surface area (Å²) >= 11 is 0.265. The van der Waals surface area contributed by atoms with Gasteiger partial charge in [0, 0.05) is 0 Å². The molecule has 1 aromatic carbocycles. The van der Waals surface area contributed by atoms with Crippen LogP contribution in [0.1, 0.15) is 18.4 Å². The number of halogens is 2. The van der Waals surface area contributed by atoms with Gasteiger partial charge in [-0.15, -0.1) is 0 Å². The number of alkyl halides is 2. The second-order valence-corrected chi connectivity index (χ2v) is 8.71. The van der Waals surface area contributed by atoms with Crippen molar-refractivity contribution in [2.75, 3.05) is 11.5 Å². The molecule has 1 aromatic rings. The van der Waals surface area contributed by atoms with Crippen LogP contribution in [0.4, 0.5) is 4.39 Å². The van der Waals surface area contributed by atoms with Gasteiger partial charge in [-0.25, -0.2) is 0 Å². The standard InChI is InChI=1S/C16H18FINO/c1-19-13-6-11(8-16(19)18-10-13)7-14(20)9-12-4-2-3-5-15(12)17/h2-5,7,13,16H,6,8-10H2,1H3/q-1/b11-7-. The van der Waals surface area contributed by atoms with Crippen LogP contribution in [0, 0.1) is 5.82 Å². The van der Waals surface area contributed by atoms with Crippen molar-refractivity contribution < 1.29 is 30.4 Å². The number of ketones is 1. The quantitative estimate of drug-likeness (QED) is 0.299. The number of carbonyl (C=O) groups is 1. The fourth-order valence-corrected chi connectivity index (χ4v) is 6.94. The van der Waals surface area contributed by atoms with Gasteiger partial charge in [0.1, 0.15) is 0 Å². The zero-order valence-corrected chi connectivity index (χ0v) is 13.6. The van der Waals surface area contributed by atoms with E-state index < -0.39 is 0 Å². The number of nitrogens with zero attached hydrogens (tertiary/aromatic N) is 1. The van der Waals surface area contributed by atoms with Gasteiger partial charge in [-0.05, 0) is 0 Å². The van der Waals surface area contributed by atoms with Crippen molar-refractivity contribution in [1.29, 1.82) is 0 Å². The number of piperidine rings is 1. The van der Waals surface area contributed by atoms with E-state index in [1.807, 2.05) is 0 Å². The Labute approximate surface area is 129 Å². The van der Waals surface area contributed by atoms with Crippen molar-refractivity contribution in [3.63, 3.8) is 0 Å². The predicted octanol–water partition coefficient (Wildman–Crippen LogP) is -0.613. The average Bonchev–Trinajstić information content (AvgIpc) is 2.63. The molecule has 2 saturated heterocycles. The van der Waals surface area contributed by atoms with Gasteiger partial charge >= 0.3 is 129 Å². The van der Waals surface area contributed by atoms with Crippen LogP contribution in [0.25, 0.3) is 0 Å². The predicted molar refractivity (Wildman–Crippen MR) is 72.6 cm³/mol. The van der Waals surface area contributed by atoms with Crippen molar-refractivity contribution in [2.24, 2.45) is 0 Å². The molecule has 0 aliphatic carbocycles. The minimum atomic E-state index is -0.284. The molecule has 0 amide bonds. The molecule has 2 fully saturated rings. The van der Waals surface area contributed by atoms with Crippen LogP contribution in [0.5, 0.6) is 0 Å². The molecule has 2 atom stereocenters. The molecule has 4 heteroatoms. The van der Waals surface area contributed by atoms with Crippen LogP contribution in [0.3, 0.4) is 0 Å². The maximum absolute atomic E-state index is 13.5. The first-order chi connectivity index (χ1) is 9.63. The van der Waals surface area contributed by atoms with Crippen molar-refractivity contribution in [2.45, 2.75) is 29.4 Å². The molecule has 0 spiro atoms. The zero-order valence-electron chi connectivity index (χ0n) is 11.5. The zero-order chi connectivity index (χ0) is 14.1. The number of benzene rings is 1. The molecule has 2 aliphatic rings. The SMILES string of the molecule is CN1C2C[I-]C1C/C(=C\C(=O)Cc1ccccc1F)C2. The molecule has 2 aliphatic heterocycles. The van der Waals surface area contributed by atoms with Gasteiger partial charge < -0.3 is 0 Å². The van der Waals surface area contributed by atoms with Crippen LogP contribution in [-0.4, -0.2) is 32.2 Å². The summed E-state index contributed by atoms with van der Waals surface area (Å²) in [5, 5.41) is 0. The van der Waals surface area contributed by atoms with Gasteiger partial charge in [0.25, 0.3) is 0 Å². The third kappa shape index (κ3) is 2.96. The summed E-state index contributed by atoms with van der Waals surface area (Å²) < 4.78 is 15.6.